The van der Waals surface area contributed by atoms with Crippen molar-refractivity contribution in [2.45, 2.75) is 0 Å². The summed E-state index contributed by atoms with van der Waals surface area (Å²) in [6.45, 7) is 0. The molecule has 0 atom stereocenters. The number of fused-ring (bicyclic) bond motifs is 1. The molecule has 0 unspecified atom stereocenters. The molecule has 1 aromatic carbocycles. The number of rotatable bonds is 2. The van der Waals surface area contributed by atoms with Gasteiger partial charge in [-0.3, -0.25) is 4.98 Å². The number of pyridine rings is 2. The van der Waals surface area contributed by atoms with Gasteiger partial charge < -0.3 is 5.11 Å². The lowest BCUT2D eigenvalue weighted by Gasteiger charge is -2.03. The lowest BCUT2D eigenvalue weighted by molar-refractivity contribution is 0.0690. The predicted molar refractivity (Wildman–Crippen MR) is 71.9 cm³/mol. The van der Waals surface area contributed by atoms with E-state index in [-0.39, 0.29) is 5.69 Å². The number of carboxylic acid groups (broad SMARTS) is 1. The Morgan fingerprint density at radius 1 is 0.947 bits per heavy atom. The Morgan fingerprint density at radius 2 is 1.68 bits per heavy atom. The Labute approximate surface area is 109 Å². The van der Waals surface area contributed by atoms with Gasteiger partial charge in [-0.15, -0.1) is 0 Å². The number of hydrogen-bond acceptors (Lipinski definition) is 3. The summed E-state index contributed by atoms with van der Waals surface area (Å²) in [5.41, 5.74) is 1.85. The van der Waals surface area contributed by atoms with E-state index in [1.807, 2.05) is 36.4 Å². The summed E-state index contributed by atoms with van der Waals surface area (Å²) in [4.78, 5) is 19.2. The van der Waals surface area contributed by atoms with Crippen LogP contribution in [0.3, 0.4) is 0 Å². The molecule has 3 aromatic rings. The molecule has 2 heterocycles. The second kappa shape index (κ2) is 4.49. The zero-order chi connectivity index (χ0) is 13.2. The molecule has 0 spiro atoms. The summed E-state index contributed by atoms with van der Waals surface area (Å²) in [6, 6.07) is 13.2. The van der Waals surface area contributed by atoms with Gasteiger partial charge in [0.1, 0.15) is 5.69 Å². The van der Waals surface area contributed by atoms with Gasteiger partial charge >= 0.3 is 5.97 Å². The van der Waals surface area contributed by atoms with Crippen LogP contribution in [0.4, 0.5) is 0 Å². The number of carbonyl (C=O) groups is 1. The fourth-order valence-electron chi connectivity index (χ4n) is 1.92. The Hall–Kier alpha value is -2.75. The minimum absolute atomic E-state index is 0.0395. The SMILES string of the molecule is O=C(O)c1cc2cc(-c3ccccc3)ncc2cn1. The van der Waals surface area contributed by atoms with E-state index >= 15 is 0 Å². The fraction of sp³-hybridized carbons (Fsp3) is 0. The van der Waals surface area contributed by atoms with Crippen LogP contribution in [0.5, 0.6) is 0 Å². The highest BCUT2D eigenvalue weighted by Gasteiger charge is 2.07. The molecule has 92 valence electrons. The molecule has 0 radical (unpaired) electrons. The second-order valence-electron chi connectivity index (χ2n) is 4.16. The summed E-state index contributed by atoms with van der Waals surface area (Å²) in [6.07, 6.45) is 3.23. The highest BCUT2D eigenvalue weighted by Crippen LogP contribution is 2.21. The molecule has 3 rings (SSSR count). The Morgan fingerprint density at radius 3 is 2.42 bits per heavy atom. The van der Waals surface area contributed by atoms with Crippen LogP contribution in [0, 0.1) is 0 Å². The molecule has 0 amide bonds. The van der Waals surface area contributed by atoms with Crippen LogP contribution in [-0.4, -0.2) is 21.0 Å². The molecule has 4 heteroatoms. The molecule has 0 saturated carbocycles. The number of aromatic nitrogens is 2. The normalized spacial score (nSPS) is 10.5. The molecule has 1 N–H and O–H groups in total. The molecule has 0 aliphatic heterocycles. The smallest absolute Gasteiger partial charge is 0.354 e. The van der Waals surface area contributed by atoms with E-state index in [0.29, 0.717) is 0 Å². The molecule has 2 aromatic heterocycles. The van der Waals surface area contributed by atoms with Gasteiger partial charge in [0.15, 0.2) is 0 Å². The van der Waals surface area contributed by atoms with Crippen LogP contribution in [0.2, 0.25) is 0 Å². The van der Waals surface area contributed by atoms with E-state index in [9.17, 15) is 4.79 Å². The van der Waals surface area contributed by atoms with Gasteiger partial charge in [-0.25, -0.2) is 9.78 Å². The molecule has 0 bridgehead atoms. The molecular weight excluding hydrogens is 240 g/mol. The van der Waals surface area contributed by atoms with Crippen LogP contribution >= 0.6 is 0 Å². The van der Waals surface area contributed by atoms with Crippen molar-refractivity contribution in [3.63, 3.8) is 0 Å². The van der Waals surface area contributed by atoms with E-state index in [4.69, 9.17) is 5.11 Å². The second-order valence-corrected chi connectivity index (χ2v) is 4.16. The van der Waals surface area contributed by atoms with E-state index in [2.05, 4.69) is 9.97 Å². The summed E-state index contributed by atoms with van der Waals surface area (Å²) in [7, 11) is 0. The lowest BCUT2D eigenvalue weighted by atomic mass is 10.1. The molecule has 4 nitrogen and oxygen atoms in total. The minimum Gasteiger partial charge on any atom is -0.477 e. The highest BCUT2D eigenvalue weighted by atomic mass is 16.4. The van der Waals surface area contributed by atoms with Crippen molar-refractivity contribution in [2.24, 2.45) is 0 Å². The fourth-order valence-corrected chi connectivity index (χ4v) is 1.92. The zero-order valence-electron chi connectivity index (χ0n) is 9.95. The van der Waals surface area contributed by atoms with Gasteiger partial charge in [-0.1, -0.05) is 30.3 Å². The number of aromatic carboxylic acids is 1. The summed E-state index contributed by atoms with van der Waals surface area (Å²) in [5, 5.41) is 10.6. The maximum atomic E-state index is 10.9. The third kappa shape index (κ3) is 2.15. The van der Waals surface area contributed by atoms with Crippen molar-refractivity contribution in [1.82, 2.24) is 9.97 Å². The van der Waals surface area contributed by atoms with Gasteiger partial charge in [0.25, 0.3) is 0 Å². The van der Waals surface area contributed by atoms with Crippen LogP contribution in [0.15, 0.2) is 54.9 Å². The predicted octanol–water partition coefficient (Wildman–Crippen LogP) is 3.00. The maximum Gasteiger partial charge on any atom is 0.354 e. The van der Waals surface area contributed by atoms with Crippen molar-refractivity contribution >= 4 is 16.7 Å². The van der Waals surface area contributed by atoms with Crippen molar-refractivity contribution in [2.75, 3.05) is 0 Å². The standard InChI is InChI=1S/C15H10N2O2/c18-15(19)14-7-11-6-13(10-4-2-1-3-5-10)16-8-12(11)9-17-14/h1-9H,(H,18,19). The third-order valence-corrected chi connectivity index (χ3v) is 2.89. The first kappa shape index (κ1) is 11.3. The third-order valence-electron chi connectivity index (χ3n) is 2.89. The summed E-state index contributed by atoms with van der Waals surface area (Å²) in [5.74, 6) is -1.03. The van der Waals surface area contributed by atoms with E-state index in [1.165, 1.54) is 6.20 Å². The summed E-state index contributed by atoms with van der Waals surface area (Å²) < 4.78 is 0. The van der Waals surface area contributed by atoms with E-state index in [0.717, 1.165) is 22.0 Å². The van der Waals surface area contributed by atoms with Crippen LogP contribution < -0.4 is 0 Å². The van der Waals surface area contributed by atoms with Gasteiger partial charge in [-0.05, 0) is 17.5 Å². The number of benzene rings is 1. The van der Waals surface area contributed by atoms with Gasteiger partial charge in [-0.2, -0.15) is 0 Å². The zero-order valence-corrected chi connectivity index (χ0v) is 9.95. The number of hydrogen-bond donors (Lipinski definition) is 1. The van der Waals surface area contributed by atoms with Crippen LogP contribution in [-0.2, 0) is 0 Å². The van der Waals surface area contributed by atoms with Crippen molar-refractivity contribution in [1.29, 1.82) is 0 Å². The Bertz CT molecular complexity index is 754. The number of carboxylic acids is 1. The van der Waals surface area contributed by atoms with Crippen molar-refractivity contribution in [3.8, 4) is 11.3 Å². The van der Waals surface area contributed by atoms with Crippen molar-refractivity contribution in [3.05, 3.63) is 60.6 Å². The van der Waals surface area contributed by atoms with Crippen LogP contribution in [0.1, 0.15) is 10.5 Å². The average molecular weight is 250 g/mol. The monoisotopic (exact) mass is 250 g/mol. The Balaban J connectivity index is 2.16. The minimum atomic E-state index is -1.03. The van der Waals surface area contributed by atoms with Gasteiger partial charge in [0, 0.05) is 23.3 Å². The molecular formula is C15H10N2O2. The maximum absolute atomic E-state index is 10.9. The van der Waals surface area contributed by atoms with Gasteiger partial charge in [0.05, 0.1) is 5.69 Å². The quantitative estimate of drug-likeness (QED) is 0.759. The number of nitrogens with zero attached hydrogens (tertiary/aromatic N) is 2. The molecule has 0 aliphatic carbocycles. The first-order chi connectivity index (χ1) is 9.24. The van der Waals surface area contributed by atoms with E-state index < -0.39 is 5.97 Å². The lowest BCUT2D eigenvalue weighted by Crippen LogP contribution is -1.99. The van der Waals surface area contributed by atoms with Gasteiger partial charge in [0.2, 0.25) is 0 Å². The topological polar surface area (TPSA) is 63.1 Å². The molecule has 0 saturated heterocycles. The van der Waals surface area contributed by atoms with E-state index in [1.54, 1.807) is 12.3 Å². The molecule has 0 fully saturated rings. The molecule has 0 aliphatic rings. The highest BCUT2D eigenvalue weighted by molar-refractivity contribution is 5.92. The van der Waals surface area contributed by atoms with Crippen LogP contribution in [0.25, 0.3) is 22.0 Å². The summed E-state index contributed by atoms with van der Waals surface area (Å²) >= 11 is 0. The van der Waals surface area contributed by atoms with Crippen molar-refractivity contribution < 1.29 is 9.90 Å². The average Bonchev–Trinajstić information content (AvgIpc) is 2.47. The first-order valence-corrected chi connectivity index (χ1v) is 5.78. The largest absolute Gasteiger partial charge is 0.477 e. The molecule has 19 heavy (non-hydrogen) atoms. The Kier molecular flexibility index (Phi) is 2.68. The first-order valence-electron chi connectivity index (χ1n) is 5.78.